The second-order valence-corrected chi connectivity index (χ2v) is 5.87. The summed E-state index contributed by atoms with van der Waals surface area (Å²) in [5, 5.41) is 10.4. The van der Waals surface area contributed by atoms with Crippen LogP contribution < -0.4 is 0 Å². The number of hydrogen-bond acceptors (Lipinski definition) is 1. The van der Waals surface area contributed by atoms with Gasteiger partial charge in [-0.3, -0.25) is 0 Å². The standard InChI is InChI=1S/C15H13ClFIO/c1-9-4-2-6-11(15(9)18)13(19)8-10-5-3-7-12(17)14(10)16/h2-7,13,19H,8H2,1H3. The number of aryl methyl sites for hydroxylation is 1. The predicted octanol–water partition coefficient (Wildman–Crippen LogP) is 4.67. The van der Waals surface area contributed by atoms with Crippen LogP contribution in [0.3, 0.4) is 0 Å². The molecule has 2 aromatic carbocycles. The third-order valence-electron chi connectivity index (χ3n) is 3.03. The van der Waals surface area contributed by atoms with Crippen LogP contribution in [-0.2, 0) is 6.42 Å². The molecule has 0 heterocycles. The molecule has 1 atom stereocenters. The van der Waals surface area contributed by atoms with Gasteiger partial charge in [0.1, 0.15) is 5.82 Å². The van der Waals surface area contributed by atoms with Crippen LogP contribution in [0.15, 0.2) is 36.4 Å². The normalized spacial score (nSPS) is 12.5. The van der Waals surface area contributed by atoms with Crippen LogP contribution in [0.4, 0.5) is 4.39 Å². The average Bonchev–Trinajstić information content (AvgIpc) is 2.38. The SMILES string of the molecule is Cc1cccc(C(O)Cc2cccc(F)c2Cl)c1I. The van der Waals surface area contributed by atoms with Gasteiger partial charge in [0, 0.05) is 9.99 Å². The van der Waals surface area contributed by atoms with E-state index in [0.29, 0.717) is 12.0 Å². The minimum absolute atomic E-state index is 0.0872. The zero-order valence-electron chi connectivity index (χ0n) is 10.3. The first-order valence-electron chi connectivity index (χ1n) is 5.86. The van der Waals surface area contributed by atoms with E-state index in [4.69, 9.17) is 11.6 Å². The van der Waals surface area contributed by atoms with E-state index in [2.05, 4.69) is 22.6 Å². The van der Waals surface area contributed by atoms with Crippen LogP contribution in [0.25, 0.3) is 0 Å². The van der Waals surface area contributed by atoms with Gasteiger partial charge in [-0.1, -0.05) is 41.9 Å². The molecule has 2 aromatic rings. The quantitative estimate of drug-likeness (QED) is 0.755. The number of rotatable bonds is 3. The molecule has 0 radical (unpaired) electrons. The van der Waals surface area contributed by atoms with Gasteiger partial charge < -0.3 is 5.11 Å². The highest BCUT2D eigenvalue weighted by atomic mass is 127. The van der Waals surface area contributed by atoms with Gasteiger partial charge in [-0.2, -0.15) is 0 Å². The molecule has 0 aliphatic rings. The summed E-state index contributed by atoms with van der Waals surface area (Å²) in [6.07, 6.45) is -0.387. The van der Waals surface area contributed by atoms with E-state index in [-0.39, 0.29) is 5.02 Å². The van der Waals surface area contributed by atoms with Crippen LogP contribution in [0.2, 0.25) is 5.02 Å². The van der Waals surface area contributed by atoms with E-state index in [1.165, 1.54) is 6.07 Å². The first-order valence-corrected chi connectivity index (χ1v) is 7.32. The Bertz CT molecular complexity index is 601. The fraction of sp³-hybridized carbons (Fsp3) is 0.200. The van der Waals surface area contributed by atoms with Crippen molar-refractivity contribution < 1.29 is 9.50 Å². The molecule has 100 valence electrons. The van der Waals surface area contributed by atoms with Gasteiger partial charge in [0.15, 0.2) is 0 Å². The van der Waals surface area contributed by atoms with Crippen molar-refractivity contribution in [1.82, 2.24) is 0 Å². The molecular weight excluding hydrogens is 378 g/mol. The molecule has 1 N–H and O–H groups in total. The molecule has 19 heavy (non-hydrogen) atoms. The molecule has 0 saturated heterocycles. The van der Waals surface area contributed by atoms with Gasteiger partial charge in [0.25, 0.3) is 0 Å². The van der Waals surface area contributed by atoms with Gasteiger partial charge in [0.2, 0.25) is 0 Å². The Labute approximate surface area is 130 Å². The molecule has 1 unspecified atom stereocenters. The molecule has 0 aromatic heterocycles. The Morgan fingerprint density at radius 2 is 1.95 bits per heavy atom. The highest BCUT2D eigenvalue weighted by molar-refractivity contribution is 14.1. The molecule has 0 fully saturated rings. The molecular formula is C15H13ClFIO. The summed E-state index contributed by atoms with van der Waals surface area (Å²) < 4.78 is 14.4. The Kier molecular flexibility index (Phi) is 4.81. The van der Waals surface area contributed by atoms with Gasteiger partial charge >= 0.3 is 0 Å². The molecule has 2 rings (SSSR count). The third kappa shape index (κ3) is 3.27. The van der Waals surface area contributed by atoms with Crippen molar-refractivity contribution in [3.05, 3.63) is 67.5 Å². The average molecular weight is 391 g/mol. The van der Waals surface area contributed by atoms with Crippen molar-refractivity contribution >= 4 is 34.2 Å². The Morgan fingerprint density at radius 3 is 2.68 bits per heavy atom. The second-order valence-electron chi connectivity index (χ2n) is 4.41. The second kappa shape index (κ2) is 6.20. The maximum absolute atomic E-state index is 13.4. The molecule has 0 bridgehead atoms. The van der Waals surface area contributed by atoms with E-state index in [1.54, 1.807) is 12.1 Å². The van der Waals surface area contributed by atoms with Crippen molar-refractivity contribution in [3.63, 3.8) is 0 Å². The Hall–Kier alpha value is -0.650. The predicted molar refractivity (Wildman–Crippen MR) is 84.0 cm³/mol. The van der Waals surface area contributed by atoms with Crippen LogP contribution in [0.5, 0.6) is 0 Å². The smallest absolute Gasteiger partial charge is 0.142 e. The van der Waals surface area contributed by atoms with E-state index >= 15 is 0 Å². The van der Waals surface area contributed by atoms with Crippen LogP contribution in [0.1, 0.15) is 22.8 Å². The van der Waals surface area contributed by atoms with E-state index in [1.807, 2.05) is 25.1 Å². The monoisotopic (exact) mass is 390 g/mol. The highest BCUT2D eigenvalue weighted by Gasteiger charge is 2.15. The minimum Gasteiger partial charge on any atom is -0.388 e. The van der Waals surface area contributed by atoms with Crippen molar-refractivity contribution in [2.75, 3.05) is 0 Å². The van der Waals surface area contributed by atoms with Crippen molar-refractivity contribution in [1.29, 1.82) is 0 Å². The third-order valence-corrected chi connectivity index (χ3v) is 4.92. The van der Waals surface area contributed by atoms with Crippen LogP contribution in [-0.4, -0.2) is 5.11 Å². The van der Waals surface area contributed by atoms with Crippen molar-refractivity contribution in [2.24, 2.45) is 0 Å². The molecule has 0 aliphatic heterocycles. The molecule has 0 saturated carbocycles. The summed E-state index contributed by atoms with van der Waals surface area (Å²) >= 11 is 8.12. The fourth-order valence-electron chi connectivity index (χ4n) is 1.95. The minimum atomic E-state index is -0.689. The van der Waals surface area contributed by atoms with Gasteiger partial charge in [-0.15, -0.1) is 0 Å². The molecule has 1 nitrogen and oxygen atoms in total. The molecule has 0 spiro atoms. The van der Waals surface area contributed by atoms with E-state index < -0.39 is 11.9 Å². The van der Waals surface area contributed by atoms with Gasteiger partial charge in [0.05, 0.1) is 11.1 Å². The summed E-state index contributed by atoms with van der Waals surface area (Å²) in [4.78, 5) is 0. The first-order chi connectivity index (χ1) is 9.00. The summed E-state index contributed by atoms with van der Waals surface area (Å²) in [5.74, 6) is -0.453. The van der Waals surface area contributed by atoms with E-state index in [0.717, 1.165) is 14.7 Å². The number of aliphatic hydroxyl groups is 1. The lowest BCUT2D eigenvalue weighted by Crippen LogP contribution is -2.05. The maximum atomic E-state index is 13.4. The fourth-order valence-corrected chi connectivity index (χ4v) is 2.87. The molecule has 4 heteroatoms. The number of halogens is 3. The summed E-state index contributed by atoms with van der Waals surface area (Å²) in [5.41, 5.74) is 2.58. The number of hydrogen-bond donors (Lipinski definition) is 1. The number of benzene rings is 2. The molecule has 0 aliphatic carbocycles. The van der Waals surface area contributed by atoms with Crippen LogP contribution in [0, 0.1) is 16.3 Å². The van der Waals surface area contributed by atoms with Gasteiger partial charge in [-0.25, -0.2) is 4.39 Å². The Balaban J connectivity index is 2.28. The highest BCUT2D eigenvalue weighted by Crippen LogP contribution is 2.28. The lowest BCUT2D eigenvalue weighted by Gasteiger charge is -2.15. The zero-order chi connectivity index (χ0) is 14.0. The largest absolute Gasteiger partial charge is 0.388 e. The zero-order valence-corrected chi connectivity index (χ0v) is 13.2. The first kappa shape index (κ1) is 14.8. The lowest BCUT2D eigenvalue weighted by molar-refractivity contribution is 0.177. The van der Waals surface area contributed by atoms with Crippen molar-refractivity contribution in [3.8, 4) is 0 Å². The topological polar surface area (TPSA) is 20.2 Å². The summed E-state index contributed by atoms with van der Waals surface area (Å²) in [6, 6.07) is 10.4. The Morgan fingerprint density at radius 1 is 1.26 bits per heavy atom. The summed E-state index contributed by atoms with van der Waals surface area (Å²) in [7, 11) is 0. The van der Waals surface area contributed by atoms with Crippen molar-refractivity contribution in [2.45, 2.75) is 19.4 Å². The van der Waals surface area contributed by atoms with Crippen LogP contribution >= 0.6 is 34.2 Å². The van der Waals surface area contributed by atoms with Gasteiger partial charge in [-0.05, 0) is 52.3 Å². The summed E-state index contributed by atoms with van der Waals surface area (Å²) in [6.45, 7) is 1.99. The lowest BCUT2D eigenvalue weighted by atomic mass is 10.00. The maximum Gasteiger partial charge on any atom is 0.142 e. The van der Waals surface area contributed by atoms with E-state index in [9.17, 15) is 9.50 Å². The molecule has 0 amide bonds. The number of aliphatic hydroxyl groups excluding tert-OH is 1.